The Hall–Kier alpha value is -0.120. The lowest BCUT2D eigenvalue weighted by atomic mass is 9.75. The molecule has 0 amide bonds. The fraction of sp³-hybridized carbons (Fsp3) is 1.00. The fourth-order valence-electron chi connectivity index (χ4n) is 5.67. The number of nitrogens with one attached hydrogen (secondary N) is 1. The van der Waals surface area contributed by atoms with Crippen LogP contribution in [0.4, 0.5) is 0 Å². The first-order valence-electron chi connectivity index (χ1n) is 9.36. The zero-order valence-electron chi connectivity index (χ0n) is 14.7. The number of fused-ring (bicyclic) bond motifs is 2. The lowest BCUT2D eigenvalue weighted by molar-refractivity contribution is 0.0360. The Morgan fingerprint density at radius 3 is 2.14 bits per heavy atom. The van der Waals surface area contributed by atoms with Gasteiger partial charge in [0.05, 0.1) is 0 Å². The van der Waals surface area contributed by atoms with Crippen LogP contribution < -0.4 is 11.3 Å². The molecule has 0 aliphatic heterocycles. The van der Waals surface area contributed by atoms with Crippen LogP contribution in [-0.2, 0) is 0 Å². The Labute approximate surface area is 132 Å². The number of hydrogen-bond donors (Lipinski definition) is 2. The number of hydrogen-bond acceptors (Lipinski definition) is 3. The second-order valence-corrected chi connectivity index (χ2v) is 7.37. The minimum absolute atomic E-state index is 0.222. The van der Waals surface area contributed by atoms with E-state index in [2.05, 4.69) is 38.0 Å². The van der Waals surface area contributed by atoms with Gasteiger partial charge in [0.25, 0.3) is 0 Å². The molecule has 0 saturated heterocycles. The van der Waals surface area contributed by atoms with Crippen LogP contribution in [0.15, 0.2) is 0 Å². The van der Waals surface area contributed by atoms with Gasteiger partial charge >= 0.3 is 0 Å². The van der Waals surface area contributed by atoms with Crippen LogP contribution >= 0.6 is 0 Å². The number of rotatable bonds is 9. The van der Waals surface area contributed by atoms with Crippen molar-refractivity contribution in [1.82, 2.24) is 10.3 Å². The molecule has 0 spiro atoms. The van der Waals surface area contributed by atoms with E-state index in [9.17, 15) is 0 Å². The van der Waals surface area contributed by atoms with Gasteiger partial charge < -0.3 is 0 Å². The lowest BCUT2D eigenvalue weighted by Crippen LogP contribution is -2.62. The predicted octanol–water partition coefficient (Wildman–Crippen LogP) is 3.55. The Bertz CT molecular complexity index is 310. The van der Waals surface area contributed by atoms with Crippen LogP contribution in [-0.4, -0.2) is 29.6 Å². The van der Waals surface area contributed by atoms with Crippen LogP contribution in [0.3, 0.4) is 0 Å². The Morgan fingerprint density at radius 2 is 1.76 bits per heavy atom. The van der Waals surface area contributed by atoms with Crippen LogP contribution in [0.5, 0.6) is 0 Å². The third-order valence-electron chi connectivity index (χ3n) is 6.89. The summed E-state index contributed by atoms with van der Waals surface area (Å²) in [6.07, 6.45) is 9.56. The summed E-state index contributed by atoms with van der Waals surface area (Å²) in [5.41, 5.74) is 3.46. The van der Waals surface area contributed by atoms with Gasteiger partial charge in [0, 0.05) is 11.6 Å². The van der Waals surface area contributed by atoms with Crippen molar-refractivity contribution in [1.29, 1.82) is 0 Å². The highest BCUT2D eigenvalue weighted by Crippen LogP contribution is 2.50. The summed E-state index contributed by atoms with van der Waals surface area (Å²) in [6.45, 7) is 11.5. The summed E-state index contributed by atoms with van der Waals surface area (Å²) in [5.74, 6) is 9.00. The highest BCUT2D eigenvalue weighted by Gasteiger charge is 2.45. The average Bonchev–Trinajstić information content (AvgIpc) is 3.13. The van der Waals surface area contributed by atoms with Gasteiger partial charge in [0.2, 0.25) is 0 Å². The van der Waals surface area contributed by atoms with E-state index in [0.717, 1.165) is 30.8 Å². The molecule has 2 rings (SSSR count). The van der Waals surface area contributed by atoms with Gasteiger partial charge in [-0.05, 0) is 69.4 Å². The highest BCUT2D eigenvalue weighted by molar-refractivity contribution is 5.01. The van der Waals surface area contributed by atoms with Gasteiger partial charge in [-0.3, -0.25) is 16.2 Å². The molecule has 0 aromatic heterocycles. The molecular formula is C18H37N3. The molecule has 0 aromatic rings. The van der Waals surface area contributed by atoms with E-state index in [1.807, 2.05) is 0 Å². The van der Waals surface area contributed by atoms with Crippen molar-refractivity contribution in [2.75, 3.05) is 13.1 Å². The van der Waals surface area contributed by atoms with Crippen molar-refractivity contribution < 1.29 is 0 Å². The molecule has 0 radical (unpaired) electrons. The Balaban J connectivity index is 2.11. The molecule has 4 unspecified atom stereocenters. The molecule has 2 fully saturated rings. The van der Waals surface area contributed by atoms with Crippen molar-refractivity contribution >= 4 is 0 Å². The molecule has 2 saturated carbocycles. The molecule has 2 aliphatic carbocycles. The van der Waals surface area contributed by atoms with Gasteiger partial charge in [-0.2, -0.15) is 0 Å². The maximum atomic E-state index is 6.06. The Morgan fingerprint density at radius 1 is 1.10 bits per heavy atom. The van der Waals surface area contributed by atoms with Crippen molar-refractivity contribution in [3.8, 4) is 0 Å². The molecule has 124 valence electrons. The van der Waals surface area contributed by atoms with E-state index in [1.165, 1.54) is 44.9 Å². The van der Waals surface area contributed by atoms with E-state index < -0.39 is 0 Å². The predicted molar refractivity (Wildman–Crippen MR) is 90.9 cm³/mol. The SMILES string of the molecule is CCN(CC)C(CC)(CC)C(CC1CC2CCC1C2)NN. The van der Waals surface area contributed by atoms with E-state index in [4.69, 9.17) is 5.84 Å². The summed E-state index contributed by atoms with van der Waals surface area (Å²) >= 11 is 0. The molecule has 0 heterocycles. The summed E-state index contributed by atoms with van der Waals surface area (Å²) in [7, 11) is 0. The smallest absolute Gasteiger partial charge is 0.0397 e. The first kappa shape index (κ1) is 17.2. The van der Waals surface area contributed by atoms with Gasteiger partial charge in [-0.15, -0.1) is 0 Å². The fourth-order valence-corrected chi connectivity index (χ4v) is 5.67. The van der Waals surface area contributed by atoms with Crippen LogP contribution in [0, 0.1) is 17.8 Å². The number of likely N-dealkylation sites (N-methyl/N-ethyl adjacent to an activating group) is 1. The summed E-state index contributed by atoms with van der Waals surface area (Å²) in [4.78, 5) is 2.64. The van der Waals surface area contributed by atoms with E-state index in [1.54, 1.807) is 0 Å². The summed E-state index contributed by atoms with van der Waals surface area (Å²) in [5, 5.41) is 0. The maximum absolute atomic E-state index is 6.06. The molecule has 3 N–H and O–H groups in total. The topological polar surface area (TPSA) is 41.3 Å². The zero-order chi connectivity index (χ0) is 15.5. The van der Waals surface area contributed by atoms with Crippen LogP contribution in [0.2, 0.25) is 0 Å². The normalized spacial score (nSPS) is 30.3. The summed E-state index contributed by atoms with van der Waals surface area (Å²) < 4.78 is 0. The molecule has 3 heteroatoms. The van der Waals surface area contributed by atoms with Gasteiger partial charge in [-0.25, -0.2) is 0 Å². The minimum Gasteiger partial charge on any atom is -0.297 e. The maximum Gasteiger partial charge on any atom is 0.0397 e. The molecular weight excluding hydrogens is 258 g/mol. The highest BCUT2D eigenvalue weighted by atomic mass is 15.3. The van der Waals surface area contributed by atoms with Crippen LogP contribution in [0.1, 0.15) is 72.6 Å². The third-order valence-corrected chi connectivity index (χ3v) is 6.89. The Kier molecular flexibility index (Phi) is 6.10. The average molecular weight is 296 g/mol. The van der Waals surface area contributed by atoms with Crippen molar-refractivity contribution in [2.45, 2.75) is 84.2 Å². The molecule has 2 aliphatic rings. The minimum atomic E-state index is 0.222. The second-order valence-electron chi connectivity index (χ2n) is 7.37. The standard InChI is InChI=1S/C18H37N3/c1-5-18(6-2,21(7-3)8-4)17(20-19)13-16-12-14-9-10-15(16)11-14/h14-17,20H,5-13,19H2,1-4H3. The van der Waals surface area contributed by atoms with Crippen LogP contribution in [0.25, 0.3) is 0 Å². The first-order valence-corrected chi connectivity index (χ1v) is 9.36. The second kappa shape index (κ2) is 7.43. The molecule has 4 atom stereocenters. The largest absolute Gasteiger partial charge is 0.297 e. The number of nitrogens with two attached hydrogens (primary N) is 1. The van der Waals surface area contributed by atoms with Gasteiger partial charge in [0.1, 0.15) is 0 Å². The molecule has 3 nitrogen and oxygen atoms in total. The van der Waals surface area contributed by atoms with Gasteiger partial charge in [-0.1, -0.05) is 34.1 Å². The van der Waals surface area contributed by atoms with Crippen molar-refractivity contribution in [3.05, 3.63) is 0 Å². The summed E-state index contributed by atoms with van der Waals surface area (Å²) in [6, 6.07) is 0.428. The monoisotopic (exact) mass is 295 g/mol. The molecule has 21 heavy (non-hydrogen) atoms. The van der Waals surface area contributed by atoms with E-state index >= 15 is 0 Å². The third kappa shape index (κ3) is 3.16. The van der Waals surface area contributed by atoms with Gasteiger partial charge in [0.15, 0.2) is 0 Å². The van der Waals surface area contributed by atoms with Crippen molar-refractivity contribution in [2.24, 2.45) is 23.6 Å². The van der Waals surface area contributed by atoms with E-state index in [0.29, 0.717) is 6.04 Å². The quantitative estimate of drug-likeness (QED) is 0.505. The first-order chi connectivity index (χ1) is 10.1. The molecule has 2 bridgehead atoms. The number of hydrazine groups is 1. The number of nitrogens with zero attached hydrogens (tertiary/aromatic N) is 1. The zero-order valence-corrected chi connectivity index (χ0v) is 14.7. The van der Waals surface area contributed by atoms with Crippen molar-refractivity contribution in [3.63, 3.8) is 0 Å². The van der Waals surface area contributed by atoms with E-state index in [-0.39, 0.29) is 5.54 Å². The lowest BCUT2D eigenvalue weighted by Gasteiger charge is -2.49. The molecule has 0 aromatic carbocycles.